The molecule has 3 N–H and O–H groups in total. The predicted molar refractivity (Wildman–Crippen MR) is 68.5 cm³/mol. The molecule has 0 aromatic rings. The molecule has 2 aliphatic heterocycles. The highest BCUT2D eigenvalue weighted by molar-refractivity contribution is 7.86. The zero-order chi connectivity index (χ0) is 14.0. The minimum atomic E-state index is -3.66. The molecule has 0 radical (unpaired) electrons. The van der Waals surface area contributed by atoms with Gasteiger partial charge < -0.3 is 15.0 Å². The molecule has 8 nitrogen and oxygen atoms in total. The Bertz CT molecular complexity index is 433. The van der Waals surface area contributed by atoms with E-state index in [-0.39, 0.29) is 31.1 Å². The third kappa shape index (κ3) is 3.42. The van der Waals surface area contributed by atoms with Crippen LogP contribution in [-0.2, 0) is 19.7 Å². The van der Waals surface area contributed by atoms with Gasteiger partial charge in [0.25, 0.3) is 10.2 Å². The van der Waals surface area contributed by atoms with Gasteiger partial charge in [-0.05, 0) is 6.92 Å². The van der Waals surface area contributed by atoms with Gasteiger partial charge in [-0.15, -0.1) is 0 Å². The van der Waals surface area contributed by atoms with Crippen LogP contribution in [0.3, 0.4) is 0 Å². The van der Waals surface area contributed by atoms with Crippen molar-refractivity contribution in [1.82, 2.24) is 14.5 Å². The SMILES string of the molecule is C[C@H]1OCCN[C@@H]1C(=O)N1CCN(S(N)(=O)=O)CC1. The van der Waals surface area contributed by atoms with Crippen molar-refractivity contribution in [2.24, 2.45) is 5.14 Å². The summed E-state index contributed by atoms with van der Waals surface area (Å²) in [6, 6.07) is -0.352. The van der Waals surface area contributed by atoms with Crippen LogP contribution in [0.4, 0.5) is 0 Å². The summed E-state index contributed by atoms with van der Waals surface area (Å²) in [6.07, 6.45) is -0.169. The molecular formula is C10H20N4O4S. The lowest BCUT2D eigenvalue weighted by molar-refractivity contribution is -0.140. The van der Waals surface area contributed by atoms with E-state index in [9.17, 15) is 13.2 Å². The van der Waals surface area contributed by atoms with E-state index in [1.165, 1.54) is 4.31 Å². The average Bonchev–Trinajstić information content (AvgIpc) is 2.38. The topological polar surface area (TPSA) is 105 Å². The zero-order valence-corrected chi connectivity index (χ0v) is 11.7. The summed E-state index contributed by atoms with van der Waals surface area (Å²) < 4.78 is 29.0. The summed E-state index contributed by atoms with van der Waals surface area (Å²) >= 11 is 0. The van der Waals surface area contributed by atoms with Gasteiger partial charge in [-0.25, -0.2) is 5.14 Å². The zero-order valence-electron chi connectivity index (χ0n) is 10.9. The third-order valence-corrected chi connectivity index (χ3v) is 4.58. The quantitative estimate of drug-likeness (QED) is 0.596. The molecule has 0 unspecified atom stereocenters. The van der Waals surface area contributed by atoms with E-state index >= 15 is 0 Å². The van der Waals surface area contributed by atoms with Gasteiger partial charge in [0.05, 0.1) is 12.7 Å². The maximum absolute atomic E-state index is 12.3. The minimum absolute atomic E-state index is 0.0405. The fourth-order valence-electron chi connectivity index (χ4n) is 2.37. The van der Waals surface area contributed by atoms with Crippen LogP contribution in [0, 0.1) is 0 Å². The molecule has 0 aliphatic carbocycles. The second-order valence-corrected chi connectivity index (χ2v) is 6.32. The summed E-state index contributed by atoms with van der Waals surface area (Å²) in [6.45, 7) is 4.32. The van der Waals surface area contributed by atoms with Gasteiger partial charge in [0.15, 0.2) is 0 Å². The standard InChI is InChI=1S/C10H20N4O4S/c1-8-9(12-2-7-18-8)10(15)13-3-5-14(6-4-13)19(11,16)17/h8-9,12H,2-7H2,1H3,(H2,11,16,17)/t8-,9+/m1/s1. The second-order valence-electron chi connectivity index (χ2n) is 4.78. The van der Waals surface area contributed by atoms with Crippen LogP contribution < -0.4 is 10.5 Å². The Labute approximate surface area is 113 Å². The van der Waals surface area contributed by atoms with Crippen LogP contribution in [0.15, 0.2) is 0 Å². The number of carbonyl (C=O) groups excluding carboxylic acids is 1. The van der Waals surface area contributed by atoms with E-state index in [1.54, 1.807) is 4.90 Å². The summed E-state index contributed by atoms with van der Waals surface area (Å²) in [7, 11) is -3.66. The Morgan fingerprint density at radius 2 is 1.95 bits per heavy atom. The smallest absolute Gasteiger partial charge is 0.277 e. The average molecular weight is 292 g/mol. The number of amides is 1. The molecular weight excluding hydrogens is 272 g/mol. The lowest BCUT2D eigenvalue weighted by atomic mass is 10.1. The van der Waals surface area contributed by atoms with Gasteiger partial charge in [0.2, 0.25) is 5.91 Å². The van der Waals surface area contributed by atoms with Crippen LogP contribution in [0.1, 0.15) is 6.92 Å². The van der Waals surface area contributed by atoms with Crippen molar-refractivity contribution in [3.63, 3.8) is 0 Å². The normalized spacial score (nSPS) is 30.3. The van der Waals surface area contributed by atoms with Crippen LogP contribution in [0.5, 0.6) is 0 Å². The van der Waals surface area contributed by atoms with Crippen LogP contribution in [0.25, 0.3) is 0 Å². The van der Waals surface area contributed by atoms with Crippen LogP contribution >= 0.6 is 0 Å². The molecule has 2 saturated heterocycles. The molecule has 0 saturated carbocycles. The lowest BCUT2D eigenvalue weighted by Gasteiger charge is -2.37. The van der Waals surface area contributed by atoms with Gasteiger partial charge in [0, 0.05) is 32.7 Å². The Balaban J connectivity index is 1.92. The minimum Gasteiger partial charge on any atom is -0.375 e. The Morgan fingerprint density at radius 3 is 2.47 bits per heavy atom. The maximum Gasteiger partial charge on any atom is 0.277 e. The molecule has 2 fully saturated rings. The van der Waals surface area contributed by atoms with E-state index in [2.05, 4.69) is 5.32 Å². The largest absolute Gasteiger partial charge is 0.375 e. The van der Waals surface area contributed by atoms with Gasteiger partial charge >= 0.3 is 0 Å². The van der Waals surface area contributed by atoms with Crippen LogP contribution in [0.2, 0.25) is 0 Å². The van der Waals surface area contributed by atoms with Crippen molar-refractivity contribution in [3.05, 3.63) is 0 Å². The van der Waals surface area contributed by atoms with Gasteiger partial charge in [-0.2, -0.15) is 12.7 Å². The Morgan fingerprint density at radius 1 is 1.32 bits per heavy atom. The van der Waals surface area contributed by atoms with Crippen molar-refractivity contribution in [3.8, 4) is 0 Å². The van der Waals surface area contributed by atoms with Crippen molar-refractivity contribution in [2.75, 3.05) is 39.3 Å². The lowest BCUT2D eigenvalue weighted by Crippen LogP contribution is -2.60. The van der Waals surface area contributed by atoms with Gasteiger partial charge in [0.1, 0.15) is 6.04 Å². The number of carbonyl (C=O) groups is 1. The summed E-state index contributed by atoms with van der Waals surface area (Å²) in [5, 5.41) is 8.19. The van der Waals surface area contributed by atoms with Crippen molar-refractivity contribution < 1.29 is 17.9 Å². The number of rotatable bonds is 2. The number of morpholine rings is 1. The highest BCUT2D eigenvalue weighted by atomic mass is 32.2. The van der Waals surface area contributed by atoms with E-state index in [4.69, 9.17) is 9.88 Å². The molecule has 2 heterocycles. The number of ether oxygens (including phenoxy) is 1. The van der Waals surface area contributed by atoms with Crippen molar-refractivity contribution >= 4 is 16.1 Å². The second kappa shape index (κ2) is 5.71. The summed E-state index contributed by atoms with van der Waals surface area (Å²) in [5.74, 6) is -0.0405. The Hall–Kier alpha value is -0.740. The van der Waals surface area contributed by atoms with Gasteiger partial charge in [-0.1, -0.05) is 0 Å². The first-order valence-electron chi connectivity index (χ1n) is 6.31. The predicted octanol–water partition coefficient (Wildman–Crippen LogP) is -2.29. The molecule has 19 heavy (non-hydrogen) atoms. The number of piperazine rings is 1. The molecule has 2 rings (SSSR count). The molecule has 2 atom stereocenters. The number of hydrogen-bond donors (Lipinski definition) is 2. The molecule has 110 valence electrons. The first-order chi connectivity index (χ1) is 8.89. The number of nitrogens with one attached hydrogen (secondary N) is 1. The monoisotopic (exact) mass is 292 g/mol. The van der Waals surface area contributed by atoms with E-state index in [0.29, 0.717) is 26.2 Å². The van der Waals surface area contributed by atoms with E-state index in [1.807, 2.05) is 6.92 Å². The Kier molecular flexibility index (Phi) is 4.41. The van der Waals surface area contributed by atoms with Crippen molar-refractivity contribution in [2.45, 2.75) is 19.1 Å². The third-order valence-electron chi connectivity index (χ3n) is 3.49. The summed E-state index contributed by atoms with van der Waals surface area (Å²) in [5.41, 5.74) is 0. The van der Waals surface area contributed by atoms with Crippen molar-refractivity contribution in [1.29, 1.82) is 0 Å². The molecule has 2 aliphatic rings. The molecule has 9 heteroatoms. The first kappa shape index (κ1) is 14.7. The molecule has 0 aromatic carbocycles. The van der Waals surface area contributed by atoms with Crippen LogP contribution in [-0.4, -0.2) is 75.0 Å². The molecule has 0 spiro atoms. The molecule has 0 bridgehead atoms. The number of hydrogen-bond acceptors (Lipinski definition) is 5. The highest BCUT2D eigenvalue weighted by Gasteiger charge is 2.34. The van der Waals surface area contributed by atoms with E-state index in [0.717, 1.165) is 0 Å². The summed E-state index contributed by atoms with van der Waals surface area (Å²) in [4.78, 5) is 14.0. The molecule has 1 amide bonds. The fourth-order valence-corrected chi connectivity index (χ4v) is 3.04. The fraction of sp³-hybridized carbons (Fsp3) is 0.900. The van der Waals surface area contributed by atoms with E-state index < -0.39 is 10.2 Å². The molecule has 0 aromatic heterocycles. The first-order valence-corrected chi connectivity index (χ1v) is 7.81. The highest BCUT2D eigenvalue weighted by Crippen LogP contribution is 2.11. The number of nitrogens with two attached hydrogens (primary N) is 1. The maximum atomic E-state index is 12.3. The van der Waals surface area contributed by atoms with Gasteiger partial charge in [-0.3, -0.25) is 4.79 Å². The number of nitrogens with zero attached hydrogens (tertiary/aromatic N) is 2.